The van der Waals surface area contributed by atoms with E-state index >= 15 is 0 Å². The van der Waals surface area contributed by atoms with Crippen molar-refractivity contribution in [2.75, 3.05) is 7.11 Å². The summed E-state index contributed by atoms with van der Waals surface area (Å²) < 4.78 is 6.95. The van der Waals surface area contributed by atoms with Gasteiger partial charge in [0.25, 0.3) is 0 Å². The third kappa shape index (κ3) is 3.02. The van der Waals surface area contributed by atoms with Gasteiger partial charge in [-0.1, -0.05) is 13.8 Å². The van der Waals surface area contributed by atoms with Gasteiger partial charge < -0.3 is 4.74 Å². The SMILES string of the molecule is COc1ccc(-c2nn(CC(C)C)cc2C=O)cc1. The van der Waals surface area contributed by atoms with Crippen molar-refractivity contribution in [3.05, 3.63) is 36.0 Å². The number of rotatable bonds is 5. The zero-order chi connectivity index (χ0) is 13.8. The summed E-state index contributed by atoms with van der Waals surface area (Å²) in [5.41, 5.74) is 2.26. The van der Waals surface area contributed by atoms with E-state index in [0.717, 1.165) is 29.8 Å². The predicted molar refractivity (Wildman–Crippen MR) is 74.4 cm³/mol. The fourth-order valence-electron chi connectivity index (χ4n) is 1.96. The lowest BCUT2D eigenvalue weighted by Crippen LogP contribution is -2.04. The summed E-state index contributed by atoms with van der Waals surface area (Å²) in [5.74, 6) is 1.28. The molecule has 2 rings (SSSR count). The quantitative estimate of drug-likeness (QED) is 0.774. The van der Waals surface area contributed by atoms with Crippen LogP contribution in [0, 0.1) is 5.92 Å². The van der Waals surface area contributed by atoms with Crippen LogP contribution in [-0.2, 0) is 6.54 Å². The average molecular weight is 258 g/mol. The number of methoxy groups -OCH3 is 1. The molecule has 0 atom stereocenters. The highest BCUT2D eigenvalue weighted by Crippen LogP contribution is 2.23. The monoisotopic (exact) mass is 258 g/mol. The Morgan fingerprint density at radius 1 is 1.32 bits per heavy atom. The molecule has 0 fully saturated rings. The number of aromatic nitrogens is 2. The summed E-state index contributed by atoms with van der Waals surface area (Å²) in [7, 11) is 1.63. The van der Waals surface area contributed by atoms with Crippen molar-refractivity contribution in [1.29, 1.82) is 0 Å². The van der Waals surface area contributed by atoms with Gasteiger partial charge in [0, 0.05) is 18.3 Å². The molecule has 1 aromatic heterocycles. The van der Waals surface area contributed by atoms with Crippen LogP contribution >= 0.6 is 0 Å². The number of hydrogen-bond donors (Lipinski definition) is 0. The van der Waals surface area contributed by atoms with Crippen LogP contribution in [0.1, 0.15) is 24.2 Å². The second-order valence-electron chi connectivity index (χ2n) is 4.90. The topological polar surface area (TPSA) is 44.1 Å². The van der Waals surface area contributed by atoms with E-state index in [9.17, 15) is 4.79 Å². The van der Waals surface area contributed by atoms with Gasteiger partial charge in [-0.3, -0.25) is 9.48 Å². The Bertz CT molecular complexity index is 556. The summed E-state index contributed by atoms with van der Waals surface area (Å²) in [6, 6.07) is 7.55. The highest BCUT2D eigenvalue weighted by Gasteiger charge is 2.11. The summed E-state index contributed by atoms with van der Waals surface area (Å²) in [6.07, 6.45) is 2.65. The van der Waals surface area contributed by atoms with Gasteiger partial charge in [0.05, 0.1) is 12.7 Å². The van der Waals surface area contributed by atoms with Crippen LogP contribution in [0.15, 0.2) is 30.5 Å². The Morgan fingerprint density at radius 2 is 2.00 bits per heavy atom. The van der Waals surface area contributed by atoms with Gasteiger partial charge >= 0.3 is 0 Å². The maximum Gasteiger partial charge on any atom is 0.153 e. The summed E-state index contributed by atoms with van der Waals surface area (Å²) in [6.45, 7) is 5.04. The van der Waals surface area contributed by atoms with Crippen molar-refractivity contribution in [3.63, 3.8) is 0 Å². The first-order chi connectivity index (χ1) is 9.13. The van der Waals surface area contributed by atoms with Gasteiger partial charge in [0.1, 0.15) is 11.4 Å². The first kappa shape index (κ1) is 13.3. The molecule has 1 aromatic carbocycles. The predicted octanol–water partition coefficient (Wildman–Crippen LogP) is 3.03. The molecule has 0 unspecified atom stereocenters. The second-order valence-corrected chi connectivity index (χ2v) is 4.90. The average Bonchev–Trinajstić information content (AvgIpc) is 2.81. The fourth-order valence-corrected chi connectivity index (χ4v) is 1.96. The van der Waals surface area contributed by atoms with E-state index in [-0.39, 0.29) is 0 Å². The lowest BCUT2D eigenvalue weighted by atomic mass is 10.1. The molecule has 0 aliphatic carbocycles. The van der Waals surface area contributed by atoms with Crippen LogP contribution in [0.4, 0.5) is 0 Å². The molecule has 0 radical (unpaired) electrons. The molecule has 0 amide bonds. The highest BCUT2D eigenvalue weighted by molar-refractivity contribution is 5.85. The third-order valence-corrected chi connectivity index (χ3v) is 2.83. The van der Waals surface area contributed by atoms with E-state index in [1.165, 1.54) is 0 Å². The Hall–Kier alpha value is -2.10. The molecule has 0 saturated heterocycles. The number of nitrogens with zero attached hydrogens (tertiary/aromatic N) is 2. The molecular formula is C15H18N2O2. The van der Waals surface area contributed by atoms with Crippen molar-refractivity contribution >= 4 is 6.29 Å². The number of ether oxygens (including phenoxy) is 1. The van der Waals surface area contributed by atoms with Crippen molar-refractivity contribution in [2.24, 2.45) is 5.92 Å². The van der Waals surface area contributed by atoms with Gasteiger partial charge in [0.2, 0.25) is 0 Å². The van der Waals surface area contributed by atoms with E-state index < -0.39 is 0 Å². The van der Waals surface area contributed by atoms with Crippen LogP contribution in [-0.4, -0.2) is 23.2 Å². The number of carbonyl (C=O) groups is 1. The molecule has 0 aliphatic rings. The van der Waals surface area contributed by atoms with Crippen LogP contribution < -0.4 is 4.74 Å². The van der Waals surface area contributed by atoms with Gasteiger partial charge in [-0.2, -0.15) is 5.10 Å². The Kier molecular flexibility index (Phi) is 4.00. The van der Waals surface area contributed by atoms with Gasteiger partial charge in [-0.25, -0.2) is 0 Å². The van der Waals surface area contributed by atoms with E-state index in [0.29, 0.717) is 11.5 Å². The third-order valence-electron chi connectivity index (χ3n) is 2.83. The molecule has 4 heteroatoms. The molecule has 100 valence electrons. The van der Waals surface area contributed by atoms with Crippen molar-refractivity contribution in [2.45, 2.75) is 20.4 Å². The van der Waals surface area contributed by atoms with E-state index in [2.05, 4.69) is 18.9 Å². The summed E-state index contributed by atoms with van der Waals surface area (Å²) >= 11 is 0. The molecule has 0 aliphatic heterocycles. The minimum absolute atomic E-state index is 0.489. The number of hydrogen-bond acceptors (Lipinski definition) is 3. The van der Waals surface area contributed by atoms with Gasteiger partial charge in [-0.15, -0.1) is 0 Å². The minimum atomic E-state index is 0.489. The molecule has 2 aromatic rings. The maximum atomic E-state index is 11.1. The summed E-state index contributed by atoms with van der Waals surface area (Å²) in [5, 5.41) is 4.49. The largest absolute Gasteiger partial charge is 0.497 e. The summed E-state index contributed by atoms with van der Waals surface area (Å²) in [4.78, 5) is 11.1. The van der Waals surface area contributed by atoms with E-state index in [1.807, 2.05) is 28.9 Å². The number of carbonyl (C=O) groups excluding carboxylic acids is 1. The van der Waals surface area contributed by atoms with Crippen molar-refractivity contribution in [1.82, 2.24) is 9.78 Å². The van der Waals surface area contributed by atoms with Gasteiger partial charge in [0.15, 0.2) is 6.29 Å². The van der Waals surface area contributed by atoms with Crippen LogP contribution in [0.2, 0.25) is 0 Å². The second kappa shape index (κ2) is 5.69. The first-order valence-corrected chi connectivity index (χ1v) is 6.31. The normalized spacial score (nSPS) is 10.7. The number of aldehydes is 1. The Morgan fingerprint density at radius 3 is 2.53 bits per heavy atom. The zero-order valence-electron chi connectivity index (χ0n) is 11.5. The zero-order valence-corrected chi connectivity index (χ0v) is 11.5. The Balaban J connectivity index is 2.36. The molecule has 4 nitrogen and oxygen atoms in total. The lowest BCUT2D eigenvalue weighted by molar-refractivity contribution is 0.112. The standard InChI is InChI=1S/C15H18N2O2/c1-11(2)8-17-9-13(10-18)15(16-17)12-4-6-14(19-3)7-5-12/h4-7,9-11H,8H2,1-3H3. The highest BCUT2D eigenvalue weighted by atomic mass is 16.5. The Labute approximate surface area is 113 Å². The maximum absolute atomic E-state index is 11.1. The molecule has 0 saturated carbocycles. The lowest BCUT2D eigenvalue weighted by Gasteiger charge is -2.04. The molecule has 1 heterocycles. The molecule has 0 spiro atoms. The fraction of sp³-hybridized carbons (Fsp3) is 0.333. The molecule has 0 N–H and O–H groups in total. The van der Waals surface area contributed by atoms with Gasteiger partial charge in [-0.05, 0) is 30.2 Å². The molecule has 0 bridgehead atoms. The minimum Gasteiger partial charge on any atom is -0.497 e. The molecule has 19 heavy (non-hydrogen) atoms. The smallest absolute Gasteiger partial charge is 0.153 e. The van der Waals surface area contributed by atoms with E-state index in [1.54, 1.807) is 13.3 Å². The van der Waals surface area contributed by atoms with Crippen molar-refractivity contribution in [3.8, 4) is 17.0 Å². The van der Waals surface area contributed by atoms with Crippen LogP contribution in [0.5, 0.6) is 5.75 Å². The van der Waals surface area contributed by atoms with E-state index in [4.69, 9.17) is 4.74 Å². The first-order valence-electron chi connectivity index (χ1n) is 6.31. The van der Waals surface area contributed by atoms with Crippen LogP contribution in [0.25, 0.3) is 11.3 Å². The number of benzene rings is 1. The molecular weight excluding hydrogens is 240 g/mol. The van der Waals surface area contributed by atoms with Crippen molar-refractivity contribution < 1.29 is 9.53 Å². The van der Waals surface area contributed by atoms with Crippen LogP contribution in [0.3, 0.4) is 0 Å².